The fourth-order valence-corrected chi connectivity index (χ4v) is 1.55. The van der Waals surface area contributed by atoms with E-state index in [1.165, 1.54) is 6.33 Å². The Bertz CT molecular complexity index is 467. The Morgan fingerprint density at radius 2 is 2.25 bits per heavy atom. The first kappa shape index (κ1) is 10.8. The number of aliphatic hydroxyl groups excluding tert-OH is 1. The van der Waals surface area contributed by atoms with E-state index in [0.717, 1.165) is 36.2 Å². The van der Waals surface area contributed by atoms with Gasteiger partial charge in [0.25, 0.3) is 0 Å². The van der Waals surface area contributed by atoms with Crippen LogP contribution in [-0.2, 0) is 7.05 Å². The molecule has 0 aliphatic rings. The number of unbranched alkanes of at least 4 members (excludes halogenated alkanes) is 1. The maximum absolute atomic E-state index is 8.67. The molecule has 0 fully saturated rings. The van der Waals surface area contributed by atoms with Gasteiger partial charge in [0.2, 0.25) is 0 Å². The van der Waals surface area contributed by atoms with Crippen molar-refractivity contribution in [2.75, 3.05) is 18.5 Å². The van der Waals surface area contributed by atoms with Crippen LogP contribution < -0.4 is 5.32 Å². The zero-order valence-corrected chi connectivity index (χ0v) is 9.22. The van der Waals surface area contributed by atoms with Gasteiger partial charge in [-0.3, -0.25) is 4.68 Å². The number of aliphatic hydroxyl groups is 1. The number of rotatable bonds is 5. The van der Waals surface area contributed by atoms with Gasteiger partial charge in [0.05, 0.1) is 11.6 Å². The van der Waals surface area contributed by atoms with E-state index in [1.807, 2.05) is 7.05 Å². The molecule has 0 atom stereocenters. The van der Waals surface area contributed by atoms with Gasteiger partial charge in [0.1, 0.15) is 12.1 Å². The molecule has 2 aromatic heterocycles. The summed E-state index contributed by atoms with van der Waals surface area (Å²) in [6.45, 7) is 1.02. The van der Waals surface area contributed by atoms with Crippen molar-refractivity contribution in [3.05, 3.63) is 12.5 Å². The molecule has 16 heavy (non-hydrogen) atoms. The molecule has 6 heteroatoms. The first-order chi connectivity index (χ1) is 7.83. The van der Waals surface area contributed by atoms with Gasteiger partial charge >= 0.3 is 0 Å². The van der Waals surface area contributed by atoms with Crippen LogP contribution in [0.25, 0.3) is 11.0 Å². The van der Waals surface area contributed by atoms with Crippen molar-refractivity contribution in [3.8, 4) is 0 Å². The zero-order valence-electron chi connectivity index (χ0n) is 9.22. The number of nitrogens with zero attached hydrogens (tertiary/aromatic N) is 4. The first-order valence-electron chi connectivity index (χ1n) is 5.30. The molecular weight excluding hydrogens is 206 g/mol. The SMILES string of the molecule is Cn1ncc2c(NCCCCO)ncnc21. The van der Waals surface area contributed by atoms with Crippen LogP contribution in [0.2, 0.25) is 0 Å². The monoisotopic (exact) mass is 221 g/mol. The van der Waals surface area contributed by atoms with Gasteiger partial charge in [-0.25, -0.2) is 9.97 Å². The van der Waals surface area contributed by atoms with Crippen molar-refractivity contribution >= 4 is 16.9 Å². The van der Waals surface area contributed by atoms with Crippen LogP contribution in [0.1, 0.15) is 12.8 Å². The van der Waals surface area contributed by atoms with E-state index in [9.17, 15) is 0 Å². The predicted molar refractivity (Wildman–Crippen MR) is 61.1 cm³/mol. The van der Waals surface area contributed by atoms with Crippen molar-refractivity contribution in [3.63, 3.8) is 0 Å². The van der Waals surface area contributed by atoms with Crippen molar-refractivity contribution in [2.45, 2.75) is 12.8 Å². The molecule has 0 saturated carbocycles. The van der Waals surface area contributed by atoms with E-state index in [2.05, 4.69) is 20.4 Å². The van der Waals surface area contributed by atoms with E-state index in [1.54, 1.807) is 10.9 Å². The number of nitrogens with one attached hydrogen (secondary N) is 1. The maximum Gasteiger partial charge on any atom is 0.163 e. The molecule has 2 N–H and O–H groups in total. The highest BCUT2D eigenvalue weighted by atomic mass is 16.2. The summed E-state index contributed by atoms with van der Waals surface area (Å²) in [5.41, 5.74) is 0.819. The van der Waals surface area contributed by atoms with Gasteiger partial charge in [-0.15, -0.1) is 0 Å². The molecule has 2 aromatic rings. The Kier molecular flexibility index (Phi) is 3.31. The Morgan fingerprint density at radius 3 is 3.06 bits per heavy atom. The number of fused-ring (bicyclic) bond motifs is 1. The molecule has 86 valence electrons. The third-order valence-corrected chi connectivity index (χ3v) is 2.41. The molecule has 0 aliphatic carbocycles. The molecule has 0 unspecified atom stereocenters. The summed E-state index contributed by atoms with van der Waals surface area (Å²) in [6.07, 6.45) is 5.00. The second kappa shape index (κ2) is 4.89. The Balaban J connectivity index is 2.11. The Hall–Kier alpha value is -1.69. The largest absolute Gasteiger partial charge is 0.396 e. The molecule has 0 radical (unpaired) electrons. The molecule has 0 aliphatic heterocycles. The van der Waals surface area contributed by atoms with E-state index in [-0.39, 0.29) is 6.61 Å². The predicted octanol–water partition coefficient (Wildman–Crippen LogP) is 0.548. The van der Waals surface area contributed by atoms with Crippen molar-refractivity contribution < 1.29 is 5.11 Å². The number of anilines is 1. The molecule has 0 amide bonds. The number of aryl methyl sites for hydroxylation is 1. The van der Waals surface area contributed by atoms with E-state index in [0.29, 0.717) is 0 Å². The normalized spacial score (nSPS) is 10.9. The molecular formula is C10H15N5O. The fourth-order valence-electron chi connectivity index (χ4n) is 1.55. The lowest BCUT2D eigenvalue weighted by molar-refractivity contribution is 0.286. The van der Waals surface area contributed by atoms with Gasteiger partial charge in [-0.05, 0) is 12.8 Å². The molecule has 0 saturated heterocycles. The highest BCUT2D eigenvalue weighted by Gasteiger charge is 2.06. The third-order valence-electron chi connectivity index (χ3n) is 2.41. The standard InChI is InChI=1S/C10H15N5O/c1-15-10-8(6-14-15)9(12-7-13-10)11-4-2-3-5-16/h6-7,16H,2-5H2,1H3,(H,11,12,13). The summed E-state index contributed by atoms with van der Waals surface area (Å²) >= 11 is 0. The molecule has 2 rings (SSSR count). The Morgan fingerprint density at radius 1 is 1.38 bits per heavy atom. The minimum atomic E-state index is 0.230. The van der Waals surface area contributed by atoms with E-state index >= 15 is 0 Å². The smallest absolute Gasteiger partial charge is 0.163 e. The molecule has 0 aromatic carbocycles. The van der Waals surface area contributed by atoms with Crippen molar-refractivity contribution in [2.24, 2.45) is 7.05 Å². The van der Waals surface area contributed by atoms with Crippen LogP contribution in [0.4, 0.5) is 5.82 Å². The average molecular weight is 221 g/mol. The molecule has 6 nitrogen and oxygen atoms in total. The highest BCUT2D eigenvalue weighted by Crippen LogP contribution is 2.17. The van der Waals surface area contributed by atoms with E-state index < -0.39 is 0 Å². The lowest BCUT2D eigenvalue weighted by Crippen LogP contribution is -2.05. The van der Waals surface area contributed by atoms with Crippen molar-refractivity contribution in [1.29, 1.82) is 0 Å². The summed E-state index contributed by atoms with van der Waals surface area (Å²) in [5, 5.41) is 17.0. The first-order valence-corrected chi connectivity index (χ1v) is 5.30. The van der Waals surface area contributed by atoms with Crippen molar-refractivity contribution in [1.82, 2.24) is 19.7 Å². The topological polar surface area (TPSA) is 75.9 Å². The van der Waals surface area contributed by atoms with Crippen LogP contribution in [0, 0.1) is 0 Å². The minimum absolute atomic E-state index is 0.230. The second-order valence-electron chi connectivity index (χ2n) is 3.59. The van der Waals surface area contributed by atoms with Crippen LogP contribution in [0.3, 0.4) is 0 Å². The lowest BCUT2D eigenvalue weighted by atomic mass is 10.3. The zero-order chi connectivity index (χ0) is 11.4. The minimum Gasteiger partial charge on any atom is -0.396 e. The summed E-state index contributed by atoms with van der Waals surface area (Å²) in [7, 11) is 1.85. The van der Waals surface area contributed by atoms with Crippen LogP contribution in [-0.4, -0.2) is 38.0 Å². The van der Waals surface area contributed by atoms with Gasteiger partial charge in [0, 0.05) is 20.2 Å². The lowest BCUT2D eigenvalue weighted by Gasteiger charge is -2.05. The summed E-state index contributed by atoms with van der Waals surface area (Å²) in [4.78, 5) is 8.33. The maximum atomic E-state index is 8.67. The summed E-state index contributed by atoms with van der Waals surface area (Å²) in [6, 6.07) is 0. The Labute approximate surface area is 93.3 Å². The quantitative estimate of drug-likeness (QED) is 0.721. The van der Waals surface area contributed by atoms with E-state index in [4.69, 9.17) is 5.11 Å². The second-order valence-corrected chi connectivity index (χ2v) is 3.59. The number of hydrogen-bond acceptors (Lipinski definition) is 5. The fraction of sp³-hybridized carbons (Fsp3) is 0.500. The van der Waals surface area contributed by atoms with Crippen LogP contribution in [0.5, 0.6) is 0 Å². The van der Waals surface area contributed by atoms with Gasteiger partial charge < -0.3 is 10.4 Å². The molecule has 2 heterocycles. The number of aromatic nitrogens is 4. The van der Waals surface area contributed by atoms with Gasteiger partial charge in [0.15, 0.2) is 5.65 Å². The van der Waals surface area contributed by atoms with Crippen LogP contribution in [0.15, 0.2) is 12.5 Å². The molecule has 0 bridgehead atoms. The highest BCUT2D eigenvalue weighted by molar-refractivity contribution is 5.85. The number of hydrogen-bond donors (Lipinski definition) is 2. The average Bonchev–Trinajstić information content (AvgIpc) is 2.68. The summed E-state index contributed by atoms with van der Waals surface area (Å²) < 4.78 is 1.72. The third kappa shape index (κ3) is 2.11. The summed E-state index contributed by atoms with van der Waals surface area (Å²) in [5.74, 6) is 0.802. The van der Waals surface area contributed by atoms with Crippen LogP contribution >= 0.6 is 0 Å². The van der Waals surface area contributed by atoms with Gasteiger partial charge in [-0.1, -0.05) is 0 Å². The van der Waals surface area contributed by atoms with Gasteiger partial charge in [-0.2, -0.15) is 5.10 Å². The molecule has 0 spiro atoms.